The molecule has 0 unspecified atom stereocenters. The summed E-state index contributed by atoms with van der Waals surface area (Å²) in [6.45, 7) is 4.19. The zero-order valence-corrected chi connectivity index (χ0v) is 20.6. The minimum absolute atomic E-state index is 0.153. The van der Waals surface area contributed by atoms with Crippen molar-refractivity contribution in [1.29, 1.82) is 0 Å². The molecule has 5 heterocycles. The summed E-state index contributed by atoms with van der Waals surface area (Å²) in [4.78, 5) is 24.6. The first-order valence-electron chi connectivity index (χ1n) is 12.0. The average molecular weight is 488 g/mol. The molecule has 1 aliphatic heterocycles. The van der Waals surface area contributed by atoms with E-state index in [1.807, 2.05) is 41.7 Å². The van der Waals surface area contributed by atoms with Gasteiger partial charge in [0.2, 0.25) is 5.88 Å². The highest BCUT2D eigenvalue weighted by molar-refractivity contribution is 6.06. The third kappa shape index (κ3) is 5.10. The van der Waals surface area contributed by atoms with Gasteiger partial charge in [-0.15, -0.1) is 10.2 Å². The standard InChI is InChI=1S/C25H29N9O2/c1-17-6-5-11-36-25-20(12-18(13-26-25)19-14-28-33(15-19)10-9-32(2)3)24(35)30-22-8-4-7-21(29-22)23-31-27-16-34(17)23/h4,7-8,12-17H,5-6,9-11H2,1-3H3,(H,29,30,35)/t17-/m0/s1. The quantitative estimate of drug-likeness (QED) is 0.467. The summed E-state index contributed by atoms with van der Waals surface area (Å²) < 4.78 is 9.86. The predicted octanol–water partition coefficient (Wildman–Crippen LogP) is 3.15. The zero-order valence-electron chi connectivity index (χ0n) is 20.6. The number of pyridine rings is 2. The molecule has 1 amide bonds. The number of fused-ring (bicyclic) bond motifs is 5. The summed E-state index contributed by atoms with van der Waals surface area (Å²) >= 11 is 0. The molecule has 0 aromatic carbocycles. The van der Waals surface area contributed by atoms with E-state index in [0.29, 0.717) is 35.4 Å². The lowest BCUT2D eigenvalue weighted by atomic mass is 10.1. The predicted molar refractivity (Wildman–Crippen MR) is 135 cm³/mol. The molecule has 0 fully saturated rings. The zero-order chi connectivity index (χ0) is 25.1. The number of rotatable bonds is 4. The Morgan fingerprint density at radius 1 is 1.22 bits per heavy atom. The first kappa shape index (κ1) is 23.6. The van der Waals surface area contributed by atoms with Crippen molar-refractivity contribution in [2.45, 2.75) is 32.4 Å². The summed E-state index contributed by atoms with van der Waals surface area (Å²) in [6.07, 6.45) is 8.78. The number of aromatic nitrogens is 7. The van der Waals surface area contributed by atoms with Gasteiger partial charge < -0.3 is 19.5 Å². The van der Waals surface area contributed by atoms with Gasteiger partial charge in [-0.25, -0.2) is 9.97 Å². The maximum Gasteiger partial charge on any atom is 0.262 e. The van der Waals surface area contributed by atoms with E-state index in [-0.39, 0.29) is 11.9 Å². The smallest absolute Gasteiger partial charge is 0.262 e. The van der Waals surface area contributed by atoms with Crippen LogP contribution in [0, 0.1) is 0 Å². The Bertz CT molecular complexity index is 1360. The van der Waals surface area contributed by atoms with Crippen molar-refractivity contribution in [2.24, 2.45) is 0 Å². The summed E-state index contributed by atoms with van der Waals surface area (Å²) in [5.74, 6) is 1.01. The van der Waals surface area contributed by atoms with E-state index in [4.69, 9.17) is 4.74 Å². The van der Waals surface area contributed by atoms with Crippen molar-refractivity contribution in [3.05, 3.63) is 54.7 Å². The van der Waals surface area contributed by atoms with E-state index in [0.717, 1.165) is 37.1 Å². The lowest BCUT2D eigenvalue weighted by Gasteiger charge is -2.17. The van der Waals surface area contributed by atoms with Crippen LogP contribution in [-0.2, 0) is 6.54 Å². The number of hydrogen-bond donors (Lipinski definition) is 1. The van der Waals surface area contributed by atoms with Crippen molar-refractivity contribution in [2.75, 3.05) is 32.6 Å². The highest BCUT2D eigenvalue weighted by Gasteiger charge is 2.20. The molecule has 4 aromatic heterocycles. The van der Waals surface area contributed by atoms with Crippen LogP contribution in [0.4, 0.5) is 5.82 Å². The van der Waals surface area contributed by atoms with Crippen molar-refractivity contribution in [3.8, 4) is 28.5 Å². The van der Waals surface area contributed by atoms with E-state index >= 15 is 0 Å². The van der Waals surface area contributed by atoms with Crippen molar-refractivity contribution in [1.82, 2.24) is 39.4 Å². The number of hydrogen-bond acceptors (Lipinski definition) is 8. The number of likely N-dealkylation sites (N-methyl/N-ethyl adjacent to an activating group) is 1. The lowest BCUT2D eigenvalue weighted by Crippen LogP contribution is -2.18. The normalized spacial score (nSPS) is 16.0. The minimum Gasteiger partial charge on any atom is -0.477 e. The molecule has 0 spiro atoms. The number of nitrogens with zero attached hydrogens (tertiary/aromatic N) is 8. The van der Waals surface area contributed by atoms with Gasteiger partial charge in [-0.05, 0) is 52.1 Å². The molecule has 1 N–H and O–H groups in total. The van der Waals surface area contributed by atoms with Gasteiger partial charge in [0.15, 0.2) is 5.82 Å². The fourth-order valence-corrected chi connectivity index (χ4v) is 4.07. The molecule has 5 rings (SSSR count). The van der Waals surface area contributed by atoms with Crippen LogP contribution in [-0.4, -0.2) is 72.6 Å². The van der Waals surface area contributed by atoms with Gasteiger partial charge >= 0.3 is 0 Å². The van der Waals surface area contributed by atoms with Crippen LogP contribution in [0.3, 0.4) is 0 Å². The molecule has 11 heteroatoms. The second-order valence-corrected chi connectivity index (χ2v) is 9.14. The third-order valence-corrected chi connectivity index (χ3v) is 6.11. The second kappa shape index (κ2) is 10.2. The van der Waals surface area contributed by atoms with Crippen molar-refractivity contribution in [3.63, 3.8) is 0 Å². The molecular formula is C25H29N9O2. The van der Waals surface area contributed by atoms with Crippen LogP contribution >= 0.6 is 0 Å². The van der Waals surface area contributed by atoms with Gasteiger partial charge in [0.1, 0.15) is 23.4 Å². The average Bonchev–Trinajstić information content (AvgIpc) is 3.55. The molecule has 1 aliphatic rings. The molecule has 2 bridgehead atoms. The van der Waals surface area contributed by atoms with Gasteiger partial charge in [-0.1, -0.05) is 6.07 Å². The fourth-order valence-electron chi connectivity index (χ4n) is 4.07. The van der Waals surface area contributed by atoms with Gasteiger partial charge in [0.05, 0.1) is 19.3 Å². The van der Waals surface area contributed by atoms with Crippen LogP contribution < -0.4 is 10.1 Å². The molecule has 0 saturated carbocycles. The van der Waals surface area contributed by atoms with Gasteiger partial charge in [0, 0.05) is 36.1 Å². The summed E-state index contributed by atoms with van der Waals surface area (Å²) in [5, 5.41) is 15.7. The Hall–Kier alpha value is -4.12. The Balaban J connectivity index is 1.47. The number of anilines is 1. The molecule has 11 nitrogen and oxygen atoms in total. The molecule has 36 heavy (non-hydrogen) atoms. The molecule has 1 atom stereocenters. The highest BCUT2D eigenvalue weighted by atomic mass is 16.5. The second-order valence-electron chi connectivity index (χ2n) is 9.14. The molecule has 4 aromatic rings. The number of carbonyl (C=O) groups is 1. The monoisotopic (exact) mass is 487 g/mol. The number of carbonyl (C=O) groups excluding carboxylic acids is 1. The van der Waals surface area contributed by atoms with Crippen LogP contribution in [0.5, 0.6) is 5.88 Å². The first-order valence-corrected chi connectivity index (χ1v) is 12.0. The number of ether oxygens (including phenoxy) is 1. The van der Waals surface area contributed by atoms with Gasteiger partial charge in [-0.3, -0.25) is 9.48 Å². The molecule has 0 radical (unpaired) electrons. The first-order chi connectivity index (χ1) is 17.5. The summed E-state index contributed by atoms with van der Waals surface area (Å²) in [5.41, 5.74) is 2.65. The Kier molecular flexibility index (Phi) is 6.72. The van der Waals surface area contributed by atoms with Crippen LogP contribution in [0.1, 0.15) is 36.2 Å². The van der Waals surface area contributed by atoms with E-state index in [2.05, 4.69) is 42.4 Å². The third-order valence-electron chi connectivity index (χ3n) is 6.11. The van der Waals surface area contributed by atoms with E-state index in [9.17, 15) is 4.79 Å². The number of nitrogens with one attached hydrogen (secondary N) is 1. The van der Waals surface area contributed by atoms with E-state index in [1.165, 1.54) is 0 Å². The van der Waals surface area contributed by atoms with Crippen LogP contribution in [0.15, 0.2) is 49.2 Å². The van der Waals surface area contributed by atoms with Crippen LogP contribution in [0.25, 0.3) is 22.6 Å². The van der Waals surface area contributed by atoms with E-state index < -0.39 is 0 Å². The molecule has 0 saturated heterocycles. The van der Waals surface area contributed by atoms with Crippen LogP contribution in [0.2, 0.25) is 0 Å². The highest BCUT2D eigenvalue weighted by Crippen LogP contribution is 2.27. The Morgan fingerprint density at radius 2 is 2.11 bits per heavy atom. The maximum atomic E-state index is 13.4. The Morgan fingerprint density at radius 3 is 2.97 bits per heavy atom. The molecule has 0 aliphatic carbocycles. The largest absolute Gasteiger partial charge is 0.477 e. The lowest BCUT2D eigenvalue weighted by molar-refractivity contribution is 0.102. The molecule has 186 valence electrons. The summed E-state index contributed by atoms with van der Waals surface area (Å²) in [6, 6.07) is 7.38. The minimum atomic E-state index is -0.351. The van der Waals surface area contributed by atoms with Crippen molar-refractivity contribution >= 4 is 11.7 Å². The topological polar surface area (TPSA) is 116 Å². The Labute approximate surface area is 209 Å². The van der Waals surface area contributed by atoms with Crippen molar-refractivity contribution < 1.29 is 9.53 Å². The SMILES string of the molecule is C[C@H]1CCCOc2ncc(-c3cnn(CCN(C)C)c3)cc2C(=O)Nc2cccc(n2)-c2nncn21. The maximum absolute atomic E-state index is 13.4. The molecular weight excluding hydrogens is 458 g/mol. The fraction of sp³-hybridized carbons (Fsp3) is 0.360. The van der Waals surface area contributed by atoms with Gasteiger partial charge in [-0.2, -0.15) is 5.10 Å². The summed E-state index contributed by atoms with van der Waals surface area (Å²) in [7, 11) is 4.05. The van der Waals surface area contributed by atoms with Gasteiger partial charge in [0.25, 0.3) is 5.91 Å². The van der Waals surface area contributed by atoms with E-state index in [1.54, 1.807) is 30.9 Å². The number of amides is 1.